The van der Waals surface area contributed by atoms with Crippen molar-refractivity contribution in [1.29, 1.82) is 0 Å². The fourth-order valence-corrected chi connectivity index (χ4v) is 11.2. The molecule has 3 aromatic heterocycles. The number of fused-ring (bicyclic) bond motifs is 7. The highest BCUT2D eigenvalue weighted by Gasteiger charge is 2.54. The fourth-order valence-electron chi connectivity index (χ4n) is 10.0. The molecular formula is C52H30N4S. The Labute approximate surface area is 332 Å². The smallest absolute Gasteiger partial charge is 0.238 e. The highest BCUT2D eigenvalue weighted by molar-refractivity contribution is 7.25. The van der Waals surface area contributed by atoms with Gasteiger partial charge in [-0.3, -0.25) is 4.57 Å². The molecule has 1 atom stereocenters. The summed E-state index contributed by atoms with van der Waals surface area (Å²) >= 11 is 1.81. The molecule has 4 aliphatic carbocycles. The zero-order valence-corrected chi connectivity index (χ0v) is 31.3. The predicted octanol–water partition coefficient (Wildman–Crippen LogP) is 12.8. The molecule has 264 valence electrons. The summed E-state index contributed by atoms with van der Waals surface area (Å²) in [5.74, 6) is 1.87. The molecule has 0 amide bonds. The number of rotatable bonds is 3. The van der Waals surface area contributed by atoms with Crippen molar-refractivity contribution in [1.82, 2.24) is 19.5 Å². The monoisotopic (exact) mass is 742 g/mol. The maximum absolute atomic E-state index is 5.39. The van der Waals surface area contributed by atoms with Gasteiger partial charge in [-0.15, -0.1) is 11.3 Å². The molecular weight excluding hydrogens is 713 g/mol. The maximum atomic E-state index is 5.39. The van der Waals surface area contributed by atoms with Gasteiger partial charge in [-0.25, -0.2) is 4.98 Å². The van der Waals surface area contributed by atoms with Crippen LogP contribution in [0.5, 0.6) is 0 Å². The van der Waals surface area contributed by atoms with Crippen molar-refractivity contribution >= 4 is 60.1 Å². The Kier molecular flexibility index (Phi) is 6.22. The maximum Gasteiger partial charge on any atom is 0.238 e. The number of aromatic nitrogens is 4. The first-order valence-corrected chi connectivity index (χ1v) is 20.2. The van der Waals surface area contributed by atoms with Crippen molar-refractivity contribution in [3.05, 3.63) is 209 Å². The van der Waals surface area contributed by atoms with Gasteiger partial charge < -0.3 is 0 Å². The summed E-state index contributed by atoms with van der Waals surface area (Å²) < 4.78 is 4.75. The van der Waals surface area contributed by atoms with Crippen LogP contribution in [0.3, 0.4) is 0 Å². The minimum absolute atomic E-state index is 0.479. The first-order valence-electron chi connectivity index (χ1n) is 19.4. The zero-order valence-electron chi connectivity index (χ0n) is 30.5. The fraction of sp³-hybridized carbons (Fsp3) is 0.0192. The SMILES string of the molecule is C1=Cc2c3n(-c4nc(-c5ccccc5)nc(-c5ccc6c(c5)sc5ccccc56)n4)c4ccc5c(c24)C2(C1=C(\C=C/C=C/C=C\3)c1ccccc12)c1ccccc1-5. The average molecular weight is 743 g/mol. The van der Waals surface area contributed by atoms with E-state index in [1.54, 1.807) is 11.3 Å². The first-order chi connectivity index (χ1) is 28.3. The molecule has 57 heavy (non-hydrogen) atoms. The average Bonchev–Trinajstić information content (AvgIpc) is 3.93. The summed E-state index contributed by atoms with van der Waals surface area (Å²) in [4.78, 5) is 15.9. The van der Waals surface area contributed by atoms with Crippen LogP contribution in [0, 0.1) is 0 Å². The third-order valence-corrected chi connectivity index (χ3v) is 13.4. The lowest BCUT2D eigenvalue weighted by Crippen LogP contribution is -2.26. The van der Waals surface area contributed by atoms with E-state index < -0.39 is 5.41 Å². The molecule has 0 saturated carbocycles. The Bertz CT molecular complexity index is 3410. The predicted molar refractivity (Wildman–Crippen MR) is 235 cm³/mol. The Hall–Kier alpha value is -7.21. The van der Waals surface area contributed by atoms with Crippen molar-refractivity contribution in [2.45, 2.75) is 5.41 Å². The Morgan fingerprint density at radius 3 is 2.11 bits per heavy atom. The first kappa shape index (κ1) is 31.0. The van der Waals surface area contributed by atoms with Crippen molar-refractivity contribution in [3.8, 4) is 39.9 Å². The molecule has 6 aromatic carbocycles. The number of hydrogen-bond donors (Lipinski definition) is 0. The van der Waals surface area contributed by atoms with Crippen molar-refractivity contribution in [2.75, 3.05) is 0 Å². The standard InChI is InChI=1S/C52H30N4S/c1-2-7-22-43-39-26-28-42-34(16-6-1)33-17-8-11-20-40(33)52(42)41-21-12-9-18-35(41)38-27-29-44(47(39)48(38)52)56(43)51-54-49(31-14-4-3-5-15-31)53-50(55-51)32-24-25-37-36-19-10-13-23-45(36)57-46(37)30-32/h1-30H/b2-1+,6-1?,7-2?,16-6-,22-7-,34-16?,43-22?. The third kappa shape index (κ3) is 4.08. The van der Waals surface area contributed by atoms with Gasteiger partial charge in [-0.2, -0.15) is 9.97 Å². The lowest BCUT2D eigenvalue weighted by atomic mass is 9.69. The Morgan fingerprint density at radius 2 is 1.23 bits per heavy atom. The van der Waals surface area contributed by atoms with Crippen LogP contribution in [0.1, 0.15) is 33.5 Å². The molecule has 2 bridgehead atoms. The summed E-state index contributed by atoms with van der Waals surface area (Å²) in [6, 6.07) is 48.1. The van der Waals surface area contributed by atoms with Crippen LogP contribution in [0.15, 0.2) is 175 Å². The molecule has 5 heteroatoms. The number of allylic oxidation sites excluding steroid dienone is 8. The highest BCUT2D eigenvalue weighted by Crippen LogP contribution is 2.65. The summed E-state index contributed by atoms with van der Waals surface area (Å²) in [5.41, 5.74) is 15.1. The van der Waals surface area contributed by atoms with Crippen LogP contribution < -0.4 is 0 Å². The second kappa shape index (κ2) is 11.4. The van der Waals surface area contributed by atoms with Crippen molar-refractivity contribution in [3.63, 3.8) is 0 Å². The van der Waals surface area contributed by atoms with Crippen LogP contribution in [-0.2, 0) is 5.41 Å². The van der Waals surface area contributed by atoms with E-state index in [4.69, 9.17) is 15.0 Å². The Balaban J connectivity index is 1.15. The minimum atomic E-state index is -0.479. The Morgan fingerprint density at radius 1 is 0.509 bits per heavy atom. The highest BCUT2D eigenvalue weighted by atomic mass is 32.1. The molecule has 0 fully saturated rings. The molecule has 4 aliphatic rings. The lowest BCUT2D eigenvalue weighted by molar-refractivity contribution is 0.795. The molecule has 9 aromatic rings. The van der Waals surface area contributed by atoms with Crippen LogP contribution in [-0.4, -0.2) is 19.5 Å². The van der Waals surface area contributed by atoms with Crippen LogP contribution in [0.25, 0.3) is 88.7 Å². The second-order valence-electron chi connectivity index (χ2n) is 15.1. The van der Waals surface area contributed by atoms with E-state index in [-0.39, 0.29) is 0 Å². The van der Waals surface area contributed by atoms with Crippen LogP contribution >= 0.6 is 11.3 Å². The van der Waals surface area contributed by atoms with E-state index >= 15 is 0 Å². The lowest BCUT2D eigenvalue weighted by Gasteiger charge is -2.31. The number of hydrogen-bond acceptors (Lipinski definition) is 4. The largest absolute Gasteiger partial charge is 0.278 e. The third-order valence-electron chi connectivity index (χ3n) is 12.3. The molecule has 0 radical (unpaired) electrons. The quantitative estimate of drug-likeness (QED) is 0.181. The van der Waals surface area contributed by atoms with Gasteiger partial charge in [-0.05, 0) is 68.8 Å². The van der Waals surface area contributed by atoms with E-state index in [9.17, 15) is 0 Å². The summed E-state index contributed by atoms with van der Waals surface area (Å²) in [6.45, 7) is 0. The van der Waals surface area contributed by atoms with Gasteiger partial charge in [0.15, 0.2) is 11.6 Å². The number of thiophene rings is 1. The van der Waals surface area contributed by atoms with Gasteiger partial charge >= 0.3 is 0 Å². The van der Waals surface area contributed by atoms with Crippen molar-refractivity contribution < 1.29 is 0 Å². The van der Waals surface area contributed by atoms with Crippen LogP contribution in [0.4, 0.5) is 0 Å². The van der Waals surface area contributed by atoms with E-state index in [2.05, 4.69) is 168 Å². The van der Waals surface area contributed by atoms with Gasteiger partial charge in [0.05, 0.1) is 16.6 Å². The molecule has 3 heterocycles. The summed E-state index contributed by atoms with van der Waals surface area (Å²) in [6.07, 6.45) is 17.8. The minimum Gasteiger partial charge on any atom is -0.278 e. The molecule has 0 aliphatic heterocycles. The van der Waals surface area contributed by atoms with E-state index in [1.807, 2.05) is 18.2 Å². The zero-order chi connectivity index (χ0) is 37.2. The number of nitrogens with zero attached hydrogens (tertiary/aromatic N) is 4. The van der Waals surface area contributed by atoms with Gasteiger partial charge in [-0.1, -0.05) is 158 Å². The molecule has 0 saturated heterocycles. The second-order valence-corrected chi connectivity index (χ2v) is 16.2. The molecule has 0 N–H and O–H groups in total. The molecule has 13 rings (SSSR count). The molecule has 4 nitrogen and oxygen atoms in total. The molecule has 1 spiro atoms. The van der Waals surface area contributed by atoms with E-state index in [1.165, 1.54) is 70.1 Å². The topological polar surface area (TPSA) is 43.6 Å². The summed E-state index contributed by atoms with van der Waals surface area (Å²) in [7, 11) is 0. The van der Waals surface area contributed by atoms with Crippen molar-refractivity contribution in [2.24, 2.45) is 0 Å². The normalized spacial score (nSPS) is 18.5. The number of benzene rings is 6. The van der Waals surface area contributed by atoms with Crippen LogP contribution in [0.2, 0.25) is 0 Å². The van der Waals surface area contributed by atoms with E-state index in [0.29, 0.717) is 17.6 Å². The summed E-state index contributed by atoms with van der Waals surface area (Å²) in [5, 5.41) is 3.75. The van der Waals surface area contributed by atoms with E-state index in [0.717, 1.165) is 27.9 Å². The molecule has 1 unspecified atom stereocenters. The van der Waals surface area contributed by atoms with Gasteiger partial charge in [0, 0.05) is 42.2 Å². The van der Waals surface area contributed by atoms with Gasteiger partial charge in [0.25, 0.3) is 0 Å². The van der Waals surface area contributed by atoms with Gasteiger partial charge in [0.1, 0.15) is 0 Å². The van der Waals surface area contributed by atoms with Gasteiger partial charge in [0.2, 0.25) is 5.95 Å².